The van der Waals surface area contributed by atoms with Gasteiger partial charge in [0, 0.05) is 23.2 Å². The van der Waals surface area contributed by atoms with Crippen LogP contribution in [0.1, 0.15) is 25.0 Å². The van der Waals surface area contributed by atoms with E-state index in [1.807, 2.05) is 13.8 Å². The second-order valence-electron chi connectivity index (χ2n) is 4.30. The van der Waals surface area contributed by atoms with Gasteiger partial charge in [-0.3, -0.25) is 15.5 Å². The zero-order valence-electron chi connectivity index (χ0n) is 11.0. The van der Waals surface area contributed by atoms with Gasteiger partial charge in [0.25, 0.3) is 5.69 Å². The normalized spacial score (nSPS) is 10.7. The highest BCUT2D eigenvalue weighted by Crippen LogP contribution is 2.18. The number of nitro groups is 1. The molecule has 1 rings (SSSR count). The topological polar surface area (TPSA) is 79.6 Å². The van der Waals surface area contributed by atoms with Gasteiger partial charge in [-0.25, -0.2) is 0 Å². The number of nitrogens with zero attached hydrogens (tertiary/aromatic N) is 2. The third-order valence-electron chi connectivity index (χ3n) is 2.23. The van der Waals surface area contributed by atoms with Crippen molar-refractivity contribution < 1.29 is 4.92 Å². The van der Waals surface area contributed by atoms with E-state index in [0.717, 1.165) is 0 Å². The minimum Gasteiger partial charge on any atom is -0.359 e. The van der Waals surface area contributed by atoms with Crippen molar-refractivity contribution in [2.45, 2.75) is 26.8 Å². The van der Waals surface area contributed by atoms with Crippen LogP contribution in [-0.2, 0) is 0 Å². The Morgan fingerprint density at radius 1 is 1.53 bits per heavy atom. The number of rotatable bonds is 4. The molecule has 0 saturated heterocycles. The Kier molecular flexibility index (Phi) is 5.37. The van der Waals surface area contributed by atoms with Crippen molar-refractivity contribution in [3.8, 4) is 0 Å². The molecule has 1 aromatic carbocycles. The summed E-state index contributed by atoms with van der Waals surface area (Å²) in [7, 11) is 0. The van der Waals surface area contributed by atoms with Gasteiger partial charge in [0.05, 0.1) is 11.1 Å². The molecule has 0 fully saturated rings. The van der Waals surface area contributed by atoms with Gasteiger partial charge in [-0.2, -0.15) is 5.10 Å². The highest BCUT2D eigenvalue weighted by molar-refractivity contribution is 7.80. The first-order valence-corrected chi connectivity index (χ1v) is 6.15. The summed E-state index contributed by atoms with van der Waals surface area (Å²) in [5.41, 5.74) is 3.98. The largest absolute Gasteiger partial charge is 0.359 e. The molecule has 0 unspecified atom stereocenters. The van der Waals surface area contributed by atoms with Gasteiger partial charge in [-0.15, -0.1) is 0 Å². The fraction of sp³-hybridized carbons (Fsp3) is 0.333. The highest BCUT2D eigenvalue weighted by Gasteiger charge is 2.09. The van der Waals surface area contributed by atoms with Gasteiger partial charge in [-0.1, -0.05) is 12.1 Å². The molecule has 0 aliphatic carbocycles. The van der Waals surface area contributed by atoms with Gasteiger partial charge in [-0.05, 0) is 33.0 Å². The second-order valence-corrected chi connectivity index (χ2v) is 4.71. The van der Waals surface area contributed by atoms with Crippen molar-refractivity contribution in [2.75, 3.05) is 0 Å². The lowest BCUT2D eigenvalue weighted by Gasteiger charge is -2.09. The number of hydrazone groups is 1. The van der Waals surface area contributed by atoms with E-state index in [2.05, 4.69) is 15.8 Å². The molecule has 6 nitrogen and oxygen atoms in total. The summed E-state index contributed by atoms with van der Waals surface area (Å²) in [4.78, 5) is 10.4. The average molecular weight is 280 g/mol. The van der Waals surface area contributed by atoms with Crippen LogP contribution in [0.2, 0.25) is 0 Å². The number of hydrogen-bond acceptors (Lipinski definition) is 4. The zero-order valence-corrected chi connectivity index (χ0v) is 11.8. The number of aryl methyl sites for hydroxylation is 1. The van der Waals surface area contributed by atoms with Crippen LogP contribution in [0.4, 0.5) is 5.69 Å². The van der Waals surface area contributed by atoms with Crippen LogP contribution in [0.5, 0.6) is 0 Å². The Balaban J connectivity index is 2.70. The van der Waals surface area contributed by atoms with Crippen molar-refractivity contribution in [1.29, 1.82) is 0 Å². The highest BCUT2D eigenvalue weighted by atomic mass is 32.1. The van der Waals surface area contributed by atoms with E-state index in [1.165, 1.54) is 12.3 Å². The monoisotopic (exact) mass is 280 g/mol. The van der Waals surface area contributed by atoms with E-state index in [-0.39, 0.29) is 11.7 Å². The Morgan fingerprint density at radius 2 is 2.21 bits per heavy atom. The Labute approximate surface area is 117 Å². The third kappa shape index (κ3) is 5.01. The summed E-state index contributed by atoms with van der Waals surface area (Å²) in [5, 5.41) is 18.1. The summed E-state index contributed by atoms with van der Waals surface area (Å²) in [6.07, 6.45) is 1.49. The summed E-state index contributed by atoms with van der Waals surface area (Å²) in [5.74, 6) is 0. The quantitative estimate of drug-likeness (QED) is 0.382. The fourth-order valence-electron chi connectivity index (χ4n) is 1.36. The van der Waals surface area contributed by atoms with Crippen molar-refractivity contribution in [3.05, 3.63) is 39.4 Å². The van der Waals surface area contributed by atoms with E-state index in [1.54, 1.807) is 19.1 Å². The summed E-state index contributed by atoms with van der Waals surface area (Å²) in [6.45, 7) is 5.61. The second kappa shape index (κ2) is 6.79. The predicted octanol–water partition coefficient (Wildman–Crippen LogP) is 2.11. The summed E-state index contributed by atoms with van der Waals surface area (Å²) in [6, 6.07) is 5.13. The molecule has 0 amide bonds. The lowest BCUT2D eigenvalue weighted by Crippen LogP contribution is -2.36. The van der Waals surface area contributed by atoms with E-state index >= 15 is 0 Å². The van der Waals surface area contributed by atoms with E-state index in [0.29, 0.717) is 16.2 Å². The van der Waals surface area contributed by atoms with Gasteiger partial charge >= 0.3 is 0 Å². The Hall–Kier alpha value is -2.02. The molecule has 1 aromatic rings. The Morgan fingerprint density at radius 3 is 2.79 bits per heavy atom. The molecule has 0 heterocycles. The van der Waals surface area contributed by atoms with E-state index in [4.69, 9.17) is 12.2 Å². The number of nitro benzene ring substituents is 1. The summed E-state index contributed by atoms with van der Waals surface area (Å²) < 4.78 is 0. The SMILES string of the molecule is Cc1ccc(/C=N\NC(=S)NC(C)C)cc1[N+](=O)[O-]. The van der Waals surface area contributed by atoms with Crippen LogP contribution in [0, 0.1) is 17.0 Å². The molecular weight excluding hydrogens is 264 g/mol. The van der Waals surface area contributed by atoms with E-state index in [9.17, 15) is 10.1 Å². The predicted molar refractivity (Wildman–Crippen MR) is 79.4 cm³/mol. The average Bonchev–Trinajstić information content (AvgIpc) is 2.30. The van der Waals surface area contributed by atoms with Gasteiger partial charge < -0.3 is 5.32 Å². The first-order valence-electron chi connectivity index (χ1n) is 5.74. The number of hydrogen-bond donors (Lipinski definition) is 2. The lowest BCUT2D eigenvalue weighted by molar-refractivity contribution is -0.385. The van der Waals surface area contributed by atoms with Crippen molar-refractivity contribution >= 4 is 29.2 Å². The van der Waals surface area contributed by atoms with Gasteiger partial charge in [0.15, 0.2) is 5.11 Å². The van der Waals surface area contributed by atoms with Gasteiger partial charge in [0.2, 0.25) is 0 Å². The van der Waals surface area contributed by atoms with Crippen LogP contribution in [-0.4, -0.2) is 22.3 Å². The maximum Gasteiger partial charge on any atom is 0.272 e. The van der Waals surface area contributed by atoms with Gasteiger partial charge in [0.1, 0.15) is 0 Å². The molecule has 2 N–H and O–H groups in total. The minimum atomic E-state index is -0.412. The molecular formula is C12H16N4O2S. The van der Waals surface area contributed by atoms with Crippen molar-refractivity contribution in [2.24, 2.45) is 5.10 Å². The molecule has 7 heteroatoms. The zero-order chi connectivity index (χ0) is 14.4. The number of nitrogens with one attached hydrogen (secondary N) is 2. The Bertz CT molecular complexity index is 514. The smallest absolute Gasteiger partial charge is 0.272 e. The molecule has 0 aliphatic heterocycles. The van der Waals surface area contributed by atoms with Crippen molar-refractivity contribution in [3.63, 3.8) is 0 Å². The molecule has 0 bridgehead atoms. The minimum absolute atomic E-state index is 0.0758. The standard InChI is InChI=1S/C12H16N4O2S/c1-8(2)14-12(19)15-13-7-10-5-4-9(3)11(6-10)16(17)18/h4-8H,1-3H3,(H2,14,15,19)/b13-7-. The van der Waals surface area contributed by atoms with Crippen LogP contribution in [0.3, 0.4) is 0 Å². The number of thiocarbonyl (C=S) groups is 1. The molecule has 0 aliphatic rings. The first kappa shape index (κ1) is 15.0. The third-order valence-corrected chi connectivity index (χ3v) is 2.44. The molecule has 0 atom stereocenters. The van der Waals surface area contributed by atoms with Crippen LogP contribution in [0.25, 0.3) is 0 Å². The van der Waals surface area contributed by atoms with Crippen molar-refractivity contribution in [1.82, 2.24) is 10.7 Å². The first-order chi connectivity index (χ1) is 8.90. The molecule has 0 aromatic heterocycles. The van der Waals surface area contributed by atoms with E-state index < -0.39 is 4.92 Å². The molecule has 102 valence electrons. The maximum absolute atomic E-state index is 10.8. The van der Waals surface area contributed by atoms with Crippen LogP contribution in [0.15, 0.2) is 23.3 Å². The molecule has 0 radical (unpaired) electrons. The maximum atomic E-state index is 10.8. The molecule has 19 heavy (non-hydrogen) atoms. The summed E-state index contributed by atoms with van der Waals surface area (Å²) >= 11 is 4.99. The molecule has 0 saturated carbocycles. The number of benzene rings is 1. The lowest BCUT2D eigenvalue weighted by atomic mass is 10.1. The van der Waals surface area contributed by atoms with Crippen LogP contribution >= 0.6 is 12.2 Å². The van der Waals surface area contributed by atoms with Crippen LogP contribution < -0.4 is 10.7 Å². The molecule has 0 spiro atoms. The fourth-order valence-corrected chi connectivity index (χ4v) is 1.65.